The second kappa shape index (κ2) is 5.59. The van der Waals surface area contributed by atoms with Crippen molar-refractivity contribution in [2.45, 2.75) is 32.2 Å². The zero-order valence-electron chi connectivity index (χ0n) is 10.5. The Morgan fingerprint density at radius 2 is 1.94 bits per heavy atom. The lowest BCUT2D eigenvalue weighted by Gasteiger charge is -2.25. The van der Waals surface area contributed by atoms with E-state index < -0.39 is 16.4 Å². The standard InChI is InChI=1S/C12H17N3O3/c1-3-12(13,4-2)11(16)14-9-7-5-6-8-10(9)15(17)18/h5-8H,3-4,13H2,1-2H3,(H,14,16). The second-order valence-corrected chi connectivity index (χ2v) is 4.09. The molecule has 6 heteroatoms. The number of carbonyl (C=O) groups is 1. The third kappa shape index (κ3) is 2.84. The van der Waals surface area contributed by atoms with Crippen molar-refractivity contribution in [3.8, 4) is 0 Å². The summed E-state index contributed by atoms with van der Waals surface area (Å²) >= 11 is 0. The van der Waals surface area contributed by atoms with Gasteiger partial charge in [0.25, 0.3) is 5.69 Å². The minimum Gasteiger partial charge on any atom is -0.319 e. The number of rotatable bonds is 5. The lowest BCUT2D eigenvalue weighted by Crippen LogP contribution is -2.50. The third-order valence-electron chi connectivity index (χ3n) is 3.06. The average molecular weight is 251 g/mol. The van der Waals surface area contributed by atoms with E-state index in [4.69, 9.17) is 5.73 Å². The first-order valence-electron chi connectivity index (χ1n) is 5.78. The molecule has 0 radical (unpaired) electrons. The zero-order valence-corrected chi connectivity index (χ0v) is 10.5. The molecule has 1 aromatic rings. The van der Waals surface area contributed by atoms with Crippen LogP contribution in [0.2, 0.25) is 0 Å². The Morgan fingerprint density at radius 3 is 2.44 bits per heavy atom. The van der Waals surface area contributed by atoms with Gasteiger partial charge in [-0.05, 0) is 18.9 Å². The van der Waals surface area contributed by atoms with Crippen molar-refractivity contribution < 1.29 is 9.72 Å². The number of hydrogen-bond acceptors (Lipinski definition) is 4. The van der Waals surface area contributed by atoms with E-state index in [1.165, 1.54) is 12.1 Å². The zero-order chi connectivity index (χ0) is 13.8. The summed E-state index contributed by atoms with van der Waals surface area (Å²) in [6.07, 6.45) is 0.936. The monoisotopic (exact) mass is 251 g/mol. The fourth-order valence-electron chi connectivity index (χ4n) is 1.56. The van der Waals surface area contributed by atoms with Gasteiger partial charge in [0, 0.05) is 6.07 Å². The van der Waals surface area contributed by atoms with E-state index in [0.29, 0.717) is 12.8 Å². The van der Waals surface area contributed by atoms with Crippen molar-refractivity contribution in [3.63, 3.8) is 0 Å². The first kappa shape index (κ1) is 14.1. The first-order chi connectivity index (χ1) is 8.44. The van der Waals surface area contributed by atoms with Crippen LogP contribution < -0.4 is 11.1 Å². The molecule has 6 nitrogen and oxygen atoms in total. The maximum absolute atomic E-state index is 12.0. The van der Waals surface area contributed by atoms with Crippen LogP contribution in [-0.4, -0.2) is 16.4 Å². The van der Waals surface area contributed by atoms with Gasteiger partial charge >= 0.3 is 0 Å². The number of anilines is 1. The van der Waals surface area contributed by atoms with Crippen LogP contribution in [0.4, 0.5) is 11.4 Å². The summed E-state index contributed by atoms with van der Waals surface area (Å²) in [6, 6.07) is 6.00. The number of nitrogens with two attached hydrogens (primary N) is 1. The summed E-state index contributed by atoms with van der Waals surface area (Å²) in [5.74, 6) is -0.401. The Morgan fingerprint density at radius 1 is 1.39 bits per heavy atom. The number of carbonyl (C=O) groups excluding carboxylic acids is 1. The molecule has 0 saturated carbocycles. The van der Waals surface area contributed by atoms with Crippen LogP contribution in [0, 0.1) is 10.1 Å². The molecule has 3 N–H and O–H groups in total. The summed E-state index contributed by atoms with van der Waals surface area (Å²) < 4.78 is 0. The normalized spacial score (nSPS) is 11.1. The number of hydrogen-bond donors (Lipinski definition) is 2. The number of nitrogens with one attached hydrogen (secondary N) is 1. The van der Waals surface area contributed by atoms with Crippen LogP contribution in [0.25, 0.3) is 0 Å². The summed E-state index contributed by atoms with van der Waals surface area (Å²) in [5.41, 5.74) is 4.97. The molecule has 0 unspecified atom stereocenters. The van der Waals surface area contributed by atoms with Crippen molar-refractivity contribution in [2.24, 2.45) is 5.73 Å². The molecule has 0 heterocycles. The predicted octanol–water partition coefficient (Wildman–Crippen LogP) is 2.05. The molecule has 0 aliphatic rings. The Kier molecular flexibility index (Phi) is 4.38. The molecule has 0 fully saturated rings. The number of para-hydroxylation sites is 2. The SMILES string of the molecule is CCC(N)(CC)C(=O)Nc1ccccc1[N+](=O)[O-]. The molecular weight excluding hydrogens is 234 g/mol. The molecule has 1 amide bonds. The van der Waals surface area contributed by atoms with E-state index in [0.717, 1.165) is 0 Å². The van der Waals surface area contributed by atoms with Gasteiger partial charge in [0.05, 0.1) is 10.5 Å². The van der Waals surface area contributed by atoms with E-state index in [9.17, 15) is 14.9 Å². The van der Waals surface area contributed by atoms with E-state index in [-0.39, 0.29) is 11.4 Å². The molecule has 0 aliphatic carbocycles. The first-order valence-corrected chi connectivity index (χ1v) is 5.78. The van der Waals surface area contributed by atoms with Crippen molar-refractivity contribution in [2.75, 3.05) is 5.32 Å². The van der Waals surface area contributed by atoms with Crippen LogP contribution in [0.3, 0.4) is 0 Å². The van der Waals surface area contributed by atoms with Gasteiger partial charge in [0.15, 0.2) is 0 Å². The van der Waals surface area contributed by atoms with Gasteiger partial charge in [-0.15, -0.1) is 0 Å². The highest BCUT2D eigenvalue weighted by atomic mass is 16.6. The number of benzene rings is 1. The Balaban J connectivity index is 2.98. The van der Waals surface area contributed by atoms with Crippen LogP contribution in [0.1, 0.15) is 26.7 Å². The number of nitro benzene ring substituents is 1. The van der Waals surface area contributed by atoms with Gasteiger partial charge in [-0.3, -0.25) is 14.9 Å². The molecule has 0 aromatic heterocycles. The van der Waals surface area contributed by atoms with Gasteiger partial charge in [-0.25, -0.2) is 0 Å². The van der Waals surface area contributed by atoms with Crippen LogP contribution in [0.15, 0.2) is 24.3 Å². The van der Waals surface area contributed by atoms with Gasteiger partial charge in [0.2, 0.25) is 5.91 Å². The maximum Gasteiger partial charge on any atom is 0.292 e. The topological polar surface area (TPSA) is 98.3 Å². The predicted molar refractivity (Wildman–Crippen MR) is 69.2 cm³/mol. The summed E-state index contributed by atoms with van der Waals surface area (Å²) in [4.78, 5) is 22.3. The van der Waals surface area contributed by atoms with Crippen LogP contribution >= 0.6 is 0 Å². The Hall–Kier alpha value is -1.95. The highest BCUT2D eigenvalue weighted by Crippen LogP contribution is 2.24. The van der Waals surface area contributed by atoms with Crippen molar-refractivity contribution in [3.05, 3.63) is 34.4 Å². The minimum atomic E-state index is -0.996. The van der Waals surface area contributed by atoms with Crippen molar-refractivity contribution in [1.29, 1.82) is 0 Å². The molecule has 0 bridgehead atoms. The fourth-order valence-corrected chi connectivity index (χ4v) is 1.56. The van der Waals surface area contributed by atoms with Gasteiger partial charge < -0.3 is 11.1 Å². The molecule has 0 atom stereocenters. The maximum atomic E-state index is 12.0. The van der Waals surface area contributed by atoms with E-state index in [1.807, 2.05) is 13.8 Å². The number of amides is 1. The van der Waals surface area contributed by atoms with Crippen LogP contribution in [0.5, 0.6) is 0 Å². The quantitative estimate of drug-likeness (QED) is 0.618. The lowest BCUT2D eigenvalue weighted by atomic mass is 9.93. The largest absolute Gasteiger partial charge is 0.319 e. The molecule has 1 rings (SSSR count). The molecular formula is C12H17N3O3. The van der Waals surface area contributed by atoms with Crippen molar-refractivity contribution in [1.82, 2.24) is 0 Å². The highest BCUT2D eigenvalue weighted by Gasteiger charge is 2.31. The third-order valence-corrected chi connectivity index (χ3v) is 3.06. The fraction of sp³-hybridized carbons (Fsp3) is 0.417. The van der Waals surface area contributed by atoms with Gasteiger partial charge in [0.1, 0.15) is 5.69 Å². The van der Waals surface area contributed by atoms with E-state index in [1.54, 1.807) is 12.1 Å². The Labute approximate surface area is 105 Å². The number of nitro groups is 1. The van der Waals surface area contributed by atoms with Crippen LogP contribution in [-0.2, 0) is 4.79 Å². The molecule has 1 aromatic carbocycles. The van der Waals surface area contributed by atoms with E-state index >= 15 is 0 Å². The smallest absolute Gasteiger partial charge is 0.292 e. The molecule has 0 aliphatic heterocycles. The average Bonchev–Trinajstić information content (AvgIpc) is 2.38. The second-order valence-electron chi connectivity index (χ2n) is 4.09. The summed E-state index contributed by atoms with van der Waals surface area (Å²) in [5, 5.41) is 13.3. The molecule has 0 saturated heterocycles. The van der Waals surface area contributed by atoms with E-state index in [2.05, 4.69) is 5.32 Å². The lowest BCUT2D eigenvalue weighted by molar-refractivity contribution is -0.383. The van der Waals surface area contributed by atoms with Crippen molar-refractivity contribution >= 4 is 17.3 Å². The minimum absolute atomic E-state index is 0.139. The molecule has 18 heavy (non-hydrogen) atoms. The van der Waals surface area contributed by atoms with Gasteiger partial charge in [-0.2, -0.15) is 0 Å². The number of nitrogens with zero attached hydrogens (tertiary/aromatic N) is 1. The Bertz CT molecular complexity index is 456. The summed E-state index contributed by atoms with van der Waals surface area (Å²) in [7, 11) is 0. The summed E-state index contributed by atoms with van der Waals surface area (Å²) in [6.45, 7) is 3.62. The molecule has 0 spiro atoms. The highest BCUT2D eigenvalue weighted by molar-refractivity contribution is 5.99. The molecule has 98 valence electrons. The van der Waals surface area contributed by atoms with Gasteiger partial charge in [-0.1, -0.05) is 26.0 Å².